The van der Waals surface area contributed by atoms with E-state index in [0.29, 0.717) is 5.56 Å². The number of hydrogen-bond acceptors (Lipinski definition) is 3. The van der Waals surface area contributed by atoms with Gasteiger partial charge in [-0.15, -0.1) is 0 Å². The summed E-state index contributed by atoms with van der Waals surface area (Å²) in [5.41, 5.74) is 0.326. The Morgan fingerprint density at radius 1 is 1.24 bits per heavy atom. The van der Waals surface area contributed by atoms with E-state index >= 15 is 0 Å². The Morgan fingerprint density at radius 3 is 2.19 bits per heavy atom. The number of ether oxygens (including phenoxy) is 1. The van der Waals surface area contributed by atoms with E-state index in [9.17, 15) is 13.6 Å². The Balaban J connectivity index is 2.20. The molecule has 1 aliphatic heterocycles. The summed E-state index contributed by atoms with van der Waals surface area (Å²) < 4.78 is 33.4. The highest BCUT2D eigenvalue weighted by Crippen LogP contribution is 2.29. The van der Waals surface area contributed by atoms with Gasteiger partial charge in [0.2, 0.25) is 0 Å². The van der Waals surface area contributed by atoms with Crippen LogP contribution in [0.5, 0.6) is 0 Å². The molecule has 1 aliphatic rings. The van der Waals surface area contributed by atoms with Crippen LogP contribution in [-0.4, -0.2) is 49.4 Å². The Morgan fingerprint density at radius 2 is 1.76 bits per heavy atom. The highest BCUT2D eigenvalue weighted by atomic mass is 19.1. The molecule has 1 saturated heterocycles. The van der Waals surface area contributed by atoms with E-state index in [2.05, 4.69) is 0 Å². The highest BCUT2D eigenvalue weighted by Gasteiger charge is 2.25. The van der Waals surface area contributed by atoms with Gasteiger partial charge in [0.1, 0.15) is 17.3 Å². The molecule has 1 aromatic carbocycles. The smallest absolute Gasteiger partial charge is 0.407 e. The maximum absolute atomic E-state index is 14.2. The van der Waals surface area contributed by atoms with Crippen molar-refractivity contribution in [1.29, 1.82) is 0 Å². The van der Waals surface area contributed by atoms with Crippen LogP contribution < -0.4 is 4.90 Å². The second kappa shape index (κ2) is 6.26. The third-order valence-electron chi connectivity index (χ3n) is 3.73. The number of hydrogen-bond donors (Lipinski definition) is 1. The molecule has 116 valence electrons. The predicted molar refractivity (Wildman–Crippen MR) is 73.6 cm³/mol. The zero-order valence-electron chi connectivity index (χ0n) is 12.0. The lowest BCUT2D eigenvalue weighted by Gasteiger charge is -2.35. The Labute approximate surface area is 121 Å². The number of carbonyl (C=O) groups is 1. The maximum atomic E-state index is 14.2. The molecule has 0 bridgehead atoms. The minimum atomic E-state index is -1.01. The molecule has 1 fully saturated rings. The molecule has 1 unspecified atom stereocenters. The van der Waals surface area contributed by atoms with Crippen LogP contribution in [0.25, 0.3) is 0 Å². The van der Waals surface area contributed by atoms with Crippen molar-refractivity contribution in [3.05, 3.63) is 29.3 Å². The lowest BCUT2D eigenvalue weighted by atomic mass is 10.1. The van der Waals surface area contributed by atoms with Gasteiger partial charge >= 0.3 is 6.09 Å². The van der Waals surface area contributed by atoms with Gasteiger partial charge in [-0.3, -0.25) is 0 Å². The number of rotatable bonds is 3. The zero-order valence-corrected chi connectivity index (χ0v) is 12.0. The van der Waals surface area contributed by atoms with Crippen molar-refractivity contribution in [3.8, 4) is 0 Å². The molecule has 1 amide bonds. The molecule has 1 heterocycles. The first kappa shape index (κ1) is 15.5. The van der Waals surface area contributed by atoms with Crippen LogP contribution in [0.4, 0.5) is 19.3 Å². The van der Waals surface area contributed by atoms with Crippen molar-refractivity contribution in [2.75, 3.05) is 38.2 Å². The van der Waals surface area contributed by atoms with E-state index in [0.717, 1.165) is 0 Å². The monoisotopic (exact) mass is 300 g/mol. The number of halogens is 2. The fourth-order valence-electron chi connectivity index (χ4n) is 2.38. The van der Waals surface area contributed by atoms with Crippen LogP contribution in [0.1, 0.15) is 18.6 Å². The van der Waals surface area contributed by atoms with E-state index in [-0.39, 0.29) is 31.9 Å². The van der Waals surface area contributed by atoms with Crippen LogP contribution in [0.2, 0.25) is 0 Å². The largest absolute Gasteiger partial charge is 0.465 e. The normalized spacial score (nSPS) is 17.0. The summed E-state index contributed by atoms with van der Waals surface area (Å²) in [7, 11) is 1.47. The lowest BCUT2D eigenvalue weighted by molar-refractivity contribution is 0.119. The average molecular weight is 300 g/mol. The molecule has 1 atom stereocenters. The highest BCUT2D eigenvalue weighted by molar-refractivity contribution is 5.65. The molecule has 2 rings (SSSR count). The summed E-state index contributed by atoms with van der Waals surface area (Å²) >= 11 is 0. The summed E-state index contributed by atoms with van der Waals surface area (Å²) in [5, 5.41) is 8.87. The first-order valence-corrected chi connectivity index (χ1v) is 6.68. The summed E-state index contributed by atoms with van der Waals surface area (Å²) in [6.07, 6.45) is -1.41. The molecule has 0 saturated carbocycles. The lowest BCUT2D eigenvalue weighted by Crippen LogP contribution is -2.48. The molecular formula is C14H18F2N2O3. The Kier molecular flexibility index (Phi) is 4.62. The molecule has 5 nitrogen and oxygen atoms in total. The first-order valence-electron chi connectivity index (χ1n) is 6.68. The van der Waals surface area contributed by atoms with Gasteiger partial charge in [-0.05, 0) is 24.6 Å². The number of piperazine rings is 1. The van der Waals surface area contributed by atoms with Crippen molar-refractivity contribution >= 4 is 11.8 Å². The molecule has 0 spiro atoms. The van der Waals surface area contributed by atoms with E-state index in [1.165, 1.54) is 29.0 Å². The number of anilines is 1. The number of amides is 1. The molecule has 0 aliphatic carbocycles. The predicted octanol–water partition coefficient (Wildman–Crippen LogP) is 2.47. The quantitative estimate of drug-likeness (QED) is 0.931. The molecule has 21 heavy (non-hydrogen) atoms. The van der Waals surface area contributed by atoms with E-state index < -0.39 is 23.8 Å². The fraction of sp³-hybridized carbons (Fsp3) is 0.500. The van der Waals surface area contributed by atoms with Gasteiger partial charge in [0, 0.05) is 33.3 Å². The summed E-state index contributed by atoms with van der Waals surface area (Å²) in [5.74, 6) is -1.31. The summed E-state index contributed by atoms with van der Waals surface area (Å²) in [6, 6.07) is 2.52. The number of benzene rings is 1. The van der Waals surface area contributed by atoms with Crippen LogP contribution in [-0.2, 0) is 4.74 Å². The van der Waals surface area contributed by atoms with Gasteiger partial charge in [0.25, 0.3) is 0 Å². The third-order valence-corrected chi connectivity index (χ3v) is 3.73. The standard InChI is InChI=1S/C14H18F2N2O3/c1-9(21-2)10-7-11(15)13(12(16)8-10)17-3-5-18(6-4-17)14(19)20/h7-9H,3-6H2,1-2H3,(H,19,20). The minimum absolute atomic E-state index is 0.105. The zero-order chi connectivity index (χ0) is 15.6. The topological polar surface area (TPSA) is 53.0 Å². The second-order valence-electron chi connectivity index (χ2n) is 4.97. The van der Waals surface area contributed by atoms with Gasteiger partial charge in [-0.25, -0.2) is 13.6 Å². The van der Waals surface area contributed by atoms with Crippen LogP contribution >= 0.6 is 0 Å². The van der Waals surface area contributed by atoms with Gasteiger partial charge < -0.3 is 19.6 Å². The summed E-state index contributed by atoms with van der Waals surface area (Å²) in [4.78, 5) is 13.6. The van der Waals surface area contributed by atoms with Crippen LogP contribution in [0.3, 0.4) is 0 Å². The molecular weight excluding hydrogens is 282 g/mol. The second-order valence-corrected chi connectivity index (χ2v) is 4.97. The van der Waals surface area contributed by atoms with Crippen molar-refractivity contribution in [2.24, 2.45) is 0 Å². The maximum Gasteiger partial charge on any atom is 0.407 e. The van der Waals surface area contributed by atoms with E-state index in [1.807, 2.05) is 0 Å². The molecule has 0 radical (unpaired) electrons. The van der Waals surface area contributed by atoms with Crippen molar-refractivity contribution in [1.82, 2.24) is 4.90 Å². The first-order chi connectivity index (χ1) is 9.93. The van der Waals surface area contributed by atoms with Gasteiger partial charge in [-0.2, -0.15) is 0 Å². The number of nitrogens with zero attached hydrogens (tertiary/aromatic N) is 2. The number of methoxy groups -OCH3 is 1. The molecule has 0 aromatic heterocycles. The van der Waals surface area contributed by atoms with E-state index in [1.54, 1.807) is 6.92 Å². The Hall–Kier alpha value is -1.89. The molecule has 1 aromatic rings. The van der Waals surface area contributed by atoms with Crippen molar-refractivity contribution < 1.29 is 23.4 Å². The Bertz CT molecular complexity index is 508. The molecule has 1 N–H and O–H groups in total. The number of carboxylic acid groups (broad SMARTS) is 1. The minimum Gasteiger partial charge on any atom is -0.465 e. The van der Waals surface area contributed by atoms with Gasteiger partial charge in [0.05, 0.1) is 6.10 Å². The molecule has 7 heteroatoms. The SMILES string of the molecule is COC(C)c1cc(F)c(N2CCN(C(=O)O)CC2)c(F)c1. The summed E-state index contributed by atoms with van der Waals surface area (Å²) in [6.45, 7) is 2.69. The van der Waals surface area contributed by atoms with Gasteiger partial charge in [-0.1, -0.05) is 0 Å². The van der Waals surface area contributed by atoms with Crippen LogP contribution in [0.15, 0.2) is 12.1 Å². The average Bonchev–Trinajstić information content (AvgIpc) is 2.46. The van der Waals surface area contributed by atoms with E-state index in [4.69, 9.17) is 9.84 Å². The fourth-order valence-corrected chi connectivity index (χ4v) is 2.38. The van der Waals surface area contributed by atoms with Gasteiger partial charge in [0.15, 0.2) is 0 Å². The van der Waals surface area contributed by atoms with Crippen LogP contribution in [0, 0.1) is 11.6 Å². The van der Waals surface area contributed by atoms with Crippen molar-refractivity contribution in [2.45, 2.75) is 13.0 Å². The third kappa shape index (κ3) is 3.24. The van der Waals surface area contributed by atoms with Crippen molar-refractivity contribution in [3.63, 3.8) is 0 Å².